The van der Waals surface area contributed by atoms with Gasteiger partial charge < -0.3 is 16.3 Å². The minimum Gasteiger partial charge on any atom is -0.409 e. The van der Waals surface area contributed by atoms with E-state index >= 15 is 0 Å². The topological polar surface area (TPSA) is 70.6 Å². The molecule has 0 aromatic carbocycles. The van der Waals surface area contributed by atoms with Crippen LogP contribution in [0.15, 0.2) is 5.16 Å². The quantitative estimate of drug-likeness (QED) is 0.287. The second-order valence-electron chi connectivity index (χ2n) is 5.90. The molecule has 0 aromatic heterocycles. The maximum absolute atomic E-state index is 8.60. The Morgan fingerprint density at radius 2 is 2.00 bits per heavy atom. The van der Waals surface area contributed by atoms with Gasteiger partial charge in [0.05, 0.1) is 0 Å². The fourth-order valence-electron chi connectivity index (χ4n) is 2.95. The number of nitrogens with one attached hydrogen (secondary N) is 1. The van der Waals surface area contributed by atoms with Crippen LogP contribution in [0.3, 0.4) is 0 Å². The minimum absolute atomic E-state index is 0.297. The van der Waals surface area contributed by atoms with E-state index in [1.54, 1.807) is 0 Å². The van der Waals surface area contributed by atoms with Crippen molar-refractivity contribution in [3.05, 3.63) is 0 Å². The van der Waals surface area contributed by atoms with Crippen molar-refractivity contribution >= 4 is 5.84 Å². The normalized spacial score (nSPS) is 24.8. The summed E-state index contributed by atoms with van der Waals surface area (Å²) >= 11 is 0. The standard InChI is InChI=1S/C13H25N3O/c14-12(16-17)8-13(6-7-13)10-15-9-11-4-2-1-3-5-11/h11,15,17H,1-10H2,(H2,14,16). The second kappa shape index (κ2) is 5.71. The lowest BCUT2D eigenvalue weighted by Gasteiger charge is -2.23. The van der Waals surface area contributed by atoms with Gasteiger partial charge >= 0.3 is 0 Å². The van der Waals surface area contributed by atoms with Crippen molar-refractivity contribution in [1.82, 2.24) is 5.32 Å². The Morgan fingerprint density at radius 3 is 2.59 bits per heavy atom. The lowest BCUT2D eigenvalue weighted by Crippen LogP contribution is -2.32. The first-order valence-corrected chi connectivity index (χ1v) is 6.91. The summed E-state index contributed by atoms with van der Waals surface area (Å²) in [5.74, 6) is 1.25. The molecule has 17 heavy (non-hydrogen) atoms. The number of hydrogen-bond donors (Lipinski definition) is 3. The van der Waals surface area contributed by atoms with E-state index in [9.17, 15) is 0 Å². The van der Waals surface area contributed by atoms with Gasteiger partial charge in [-0.25, -0.2) is 0 Å². The van der Waals surface area contributed by atoms with Gasteiger partial charge in [-0.3, -0.25) is 0 Å². The highest BCUT2D eigenvalue weighted by atomic mass is 16.4. The molecular weight excluding hydrogens is 214 g/mol. The number of oxime groups is 1. The number of amidine groups is 1. The summed E-state index contributed by atoms with van der Waals surface area (Å²) < 4.78 is 0. The van der Waals surface area contributed by atoms with Crippen LogP contribution >= 0.6 is 0 Å². The maximum Gasteiger partial charge on any atom is 0.139 e. The molecule has 0 aromatic rings. The Morgan fingerprint density at radius 1 is 1.29 bits per heavy atom. The summed E-state index contributed by atoms with van der Waals surface area (Å²) in [6, 6.07) is 0. The maximum atomic E-state index is 8.60. The van der Waals surface area contributed by atoms with Crippen LogP contribution in [0.25, 0.3) is 0 Å². The summed E-state index contributed by atoms with van der Waals surface area (Å²) in [6.07, 6.45) is 10.2. The van der Waals surface area contributed by atoms with Gasteiger partial charge in [0.25, 0.3) is 0 Å². The molecule has 2 aliphatic carbocycles. The van der Waals surface area contributed by atoms with Crippen molar-refractivity contribution in [3.8, 4) is 0 Å². The fourth-order valence-corrected chi connectivity index (χ4v) is 2.95. The summed E-state index contributed by atoms with van der Waals surface area (Å²) in [5, 5.41) is 15.3. The Kier molecular flexibility index (Phi) is 4.26. The molecule has 4 nitrogen and oxygen atoms in total. The van der Waals surface area contributed by atoms with E-state index in [1.165, 1.54) is 44.9 Å². The Labute approximate surface area is 104 Å². The van der Waals surface area contributed by atoms with E-state index in [1.807, 2.05) is 0 Å². The van der Waals surface area contributed by atoms with Crippen LogP contribution in [0.1, 0.15) is 51.4 Å². The number of nitrogens with zero attached hydrogens (tertiary/aromatic N) is 1. The first-order chi connectivity index (χ1) is 8.24. The zero-order valence-corrected chi connectivity index (χ0v) is 10.6. The van der Waals surface area contributed by atoms with Gasteiger partial charge in [-0.2, -0.15) is 0 Å². The predicted molar refractivity (Wildman–Crippen MR) is 69.1 cm³/mol. The SMILES string of the molecule is NC(CC1(CNCC2CCCCC2)CC1)=NO. The molecule has 4 N–H and O–H groups in total. The molecule has 4 heteroatoms. The predicted octanol–water partition coefficient (Wildman–Crippen LogP) is 2.07. The average molecular weight is 239 g/mol. The first kappa shape index (κ1) is 12.7. The molecule has 2 rings (SSSR count). The highest BCUT2D eigenvalue weighted by Gasteiger charge is 2.42. The van der Waals surface area contributed by atoms with Gasteiger partial charge in [0.15, 0.2) is 0 Å². The van der Waals surface area contributed by atoms with Crippen molar-refractivity contribution in [3.63, 3.8) is 0 Å². The van der Waals surface area contributed by atoms with Crippen molar-refractivity contribution in [2.45, 2.75) is 51.4 Å². The fraction of sp³-hybridized carbons (Fsp3) is 0.923. The van der Waals surface area contributed by atoms with E-state index in [2.05, 4.69) is 10.5 Å². The number of nitrogens with two attached hydrogens (primary N) is 1. The molecule has 0 aliphatic heterocycles. The molecule has 0 spiro atoms. The van der Waals surface area contributed by atoms with Crippen LogP contribution in [-0.2, 0) is 0 Å². The highest BCUT2D eigenvalue weighted by molar-refractivity contribution is 5.80. The van der Waals surface area contributed by atoms with Crippen molar-refractivity contribution in [2.24, 2.45) is 22.2 Å². The minimum atomic E-state index is 0.297. The second-order valence-corrected chi connectivity index (χ2v) is 5.90. The molecule has 0 amide bonds. The summed E-state index contributed by atoms with van der Waals surface area (Å²) in [7, 11) is 0. The Hall–Kier alpha value is -0.770. The first-order valence-electron chi connectivity index (χ1n) is 6.91. The summed E-state index contributed by atoms with van der Waals surface area (Å²) in [5.41, 5.74) is 5.88. The third kappa shape index (κ3) is 3.87. The van der Waals surface area contributed by atoms with Crippen LogP contribution in [0.4, 0.5) is 0 Å². The molecule has 0 heterocycles. The largest absolute Gasteiger partial charge is 0.409 e. The lowest BCUT2D eigenvalue weighted by molar-refractivity contribution is 0.311. The Balaban J connectivity index is 1.64. The zero-order chi connectivity index (χ0) is 12.1. The molecule has 0 unspecified atom stereocenters. The van der Waals surface area contributed by atoms with Gasteiger partial charge in [-0.05, 0) is 43.6 Å². The zero-order valence-electron chi connectivity index (χ0n) is 10.6. The monoisotopic (exact) mass is 239 g/mol. The molecule has 98 valence electrons. The number of rotatable bonds is 6. The molecule has 2 fully saturated rings. The van der Waals surface area contributed by atoms with Crippen LogP contribution in [0, 0.1) is 11.3 Å². The average Bonchev–Trinajstić information content (AvgIpc) is 3.10. The van der Waals surface area contributed by atoms with Crippen LogP contribution in [0.2, 0.25) is 0 Å². The Bertz CT molecular complexity index is 268. The molecular formula is C13H25N3O. The van der Waals surface area contributed by atoms with Crippen molar-refractivity contribution < 1.29 is 5.21 Å². The van der Waals surface area contributed by atoms with Gasteiger partial charge in [-0.15, -0.1) is 0 Å². The molecule has 0 radical (unpaired) electrons. The van der Waals surface area contributed by atoms with Gasteiger partial charge in [0, 0.05) is 13.0 Å². The van der Waals surface area contributed by atoms with Crippen LogP contribution in [-0.4, -0.2) is 24.1 Å². The van der Waals surface area contributed by atoms with E-state index < -0.39 is 0 Å². The third-order valence-electron chi connectivity index (χ3n) is 4.30. The molecule has 0 saturated heterocycles. The lowest BCUT2D eigenvalue weighted by atomic mass is 9.89. The van der Waals surface area contributed by atoms with Gasteiger partial charge in [0.1, 0.15) is 5.84 Å². The molecule has 0 atom stereocenters. The smallest absolute Gasteiger partial charge is 0.139 e. The van der Waals surface area contributed by atoms with E-state index in [4.69, 9.17) is 10.9 Å². The summed E-state index contributed by atoms with van der Waals surface area (Å²) in [6.45, 7) is 2.18. The van der Waals surface area contributed by atoms with Gasteiger partial charge in [0.2, 0.25) is 0 Å². The van der Waals surface area contributed by atoms with E-state index in [0.717, 1.165) is 25.4 Å². The van der Waals surface area contributed by atoms with Crippen molar-refractivity contribution in [2.75, 3.05) is 13.1 Å². The van der Waals surface area contributed by atoms with Crippen LogP contribution < -0.4 is 11.1 Å². The van der Waals surface area contributed by atoms with E-state index in [-0.39, 0.29) is 0 Å². The van der Waals surface area contributed by atoms with Crippen LogP contribution in [0.5, 0.6) is 0 Å². The number of hydrogen-bond acceptors (Lipinski definition) is 3. The van der Waals surface area contributed by atoms with Gasteiger partial charge in [-0.1, -0.05) is 24.4 Å². The molecule has 0 bridgehead atoms. The highest BCUT2D eigenvalue weighted by Crippen LogP contribution is 2.48. The summed E-state index contributed by atoms with van der Waals surface area (Å²) in [4.78, 5) is 0. The molecule has 2 saturated carbocycles. The van der Waals surface area contributed by atoms with Crippen molar-refractivity contribution in [1.29, 1.82) is 0 Å². The molecule has 2 aliphatic rings. The van der Waals surface area contributed by atoms with E-state index in [0.29, 0.717) is 11.3 Å². The third-order valence-corrected chi connectivity index (χ3v) is 4.30.